The number of rotatable bonds is 8. The van der Waals surface area contributed by atoms with Crippen LogP contribution in [0, 0.1) is 5.92 Å². The van der Waals surface area contributed by atoms with Crippen LogP contribution >= 0.6 is 0 Å². The molecule has 2 heterocycles. The molecule has 0 radical (unpaired) electrons. The van der Waals surface area contributed by atoms with E-state index in [2.05, 4.69) is 10.1 Å². The number of unbranched alkanes of at least 4 members (excludes halogenated alkanes) is 1. The number of amides is 1. The van der Waals surface area contributed by atoms with Crippen LogP contribution in [-0.2, 0) is 19.1 Å². The molecule has 1 amide bonds. The average molecular weight is 372 g/mol. The van der Waals surface area contributed by atoms with Crippen molar-refractivity contribution in [2.24, 2.45) is 5.92 Å². The number of hydrogen-bond acceptors (Lipinski definition) is 8. The molecule has 11 heteroatoms. The summed E-state index contributed by atoms with van der Waals surface area (Å²) in [5.41, 5.74) is -1.14. The second kappa shape index (κ2) is 8.69. The summed E-state index contributed by atoms with van der Waals surface area (Å²) in [5.74, 6) is -1.79. The highest BCUT2D eigenvalue weighted by Crippen LogP contribution is 2.41. The second-order valence-electron chi connectivity index (χ2n) is 6.70. The van der Waals surface area contributed by atoms with Crippen molar-refractivity contribution in [1.82, 2.24) is 10.2 Å². The summed E-state index contributed by atoms with van der Waals surface area (Å²) < 4.78 is 9.50. The molecule has 4 N–H and O–H groups in total. The summed E-state index contributed by atoms with van der Waals surface area (Å²) in [7, 11) is -1.39. The van der Waals surface area contributed by atoms with Crippen molar-refractivity contribution in [3.8, 4) is 0 Å². The van der Waals surface area contributed by atoms with Gasteiger partial charge in [0.25, 0.3) is 0 Å². The summed E-state index contributed by atoms with van der Waals surface area (Å²) in [6.07, 6.45) is 1.45. The fourth-order valence-electron chi connectivity index (χ4n) is 3.92. The van der Waals surface area contributed by atoms with Crippen LogP contribution in [0.1, 0.15) is 32.6 Å². The minimum absolute atomic E-state index is 0.193. The molecule has 2 aliphatic rings. The third kappa shape index (κ3) is 4.46. The maximum Gasteiger partial charge on any atom is 0.451 e. The highest BCUT2D eigenvalue weighted by molar-refractivity contribution is 6.40. The van der Waals surface area contributed by atoms with Gasteiger partial charge in [0.2, 0.25) is 6.79 Å². The molecule has 2 rings (SSSR count). The Labute approximate surface area is 151 Å². The Kier molecular flexibility index (Phi) is 6.84. The van der Waals surface area contributed by atoms with Crippen LogP contribution in [0.3, 0.4) is 0 Å². The van der Waals surface area contributed by atoms with E-state index in [0.717, 1.165) is 0 Å². The van der Waals surface area contributed by atoms with Crippen molar-refractivity contribution in [3.63, 3.8) is 0 Å². The number of esters is 1. The van der Waals surface area contributed by atoms with E-state index in [1.165, 1.54) is 11.8 Å². The summed E-state index contributed by atoms with van der Waals surface area (Å²) in [5, 5.41) is 30.7. The number of carboxylic acid groups (broad SMARTS) is 1. The predicted molar refractivity (Wildman–Crippen MR) is 88.9 cm³/mol. The van der Waals surface area contributed by atoms with Crippen LogP contribution in [0.2, 0.25) is 6.32 Å². The third-order valence-corrected chi connectivity index (χ3v) is 5.15. The summed E-state index contributed by atoms with van der Waals surface area (Å²) >= 11 is 0. The monoisotopic (exact) mass is 372 g/mol. The van der Waals surface area contributed by atoms with Gasteiger partial charge in [0.05, 0.1) is 6.04 Å². The van der Waals surface area contributed by atoms with Crippen LogP contribution in [0.5, 0.6) is 0 Å². The molecular weight excluding hydrogens is 347 g/mol. The normalized spacial score (nSPS) is 27.1. The minimum atomic E-state index is -1.39. The molecule has 10 nitrogen and oxygen atoms in total. The molecule has 0 aromatic rings. The lowest BCUT2D eigenvalue weighted by molar-refractivity contribution is -0.150. The zero-order valence-electron chi connectivity index (χ0n) is 14.7. The van der Waals surface area contributed by atoms with E-state index in [4.69, 9.17) is 14.8 Å². The van der Waals surface area contributed by atoms with Crippen LogP contribution < -0.4 is 5.32 Å². The maximum absolute atomic E-state index is 12.2. The first-order valence-electron chi connectivity index (χ1n) is 8.69. The Morgan fingerprint density at radius 2 is 2.00 bits per heavy atom. The Hall–Kier alpha value is -1.85. The van der Waals surface area contributed by atoms with Crippen LogP contribution in [0.25, 0.3) is 0 Å². The Morgan fingerprint density at radius 1 is 1.27 bits per heavy atom. The Morgan fingerprint density at radius 3 is 2.62 bits per heavy atom. The van der Waals surface area contributed by atoms with Crippen molar-refractivity contribution in [2.75, 3.05) is 19.9 Å². The van der Waals surface area contributed by atoms with Gasteiger partial charge in [-0.3, -0.25) is 14.9 Å². The van der Waals surface area contributed by atoms with E-state index in [1.807, 2.05) is 0 Å². The molecule has 0 aliphatic carbocycles. The summed E-state index contributed by atoms with van der Waals surface area (Å²) in [4.78, 5) is 36.3. The molecule has 0 aromatic carbocycles. The highest BCUT2D eigenvalue weighted by Gasteiger charge is 2.58. The zero-order chi connectivity index (χ0) is 19.3. The molecule has 26 heavy (non-hydrogen) atoms. The smallest absolute Gasteiger partial charge is 0.451 e. The fourth-order valence-corrected chi connectivity index (χ4v) is 3.92. The van der Waals surface area contributed by atoms with Gasteiger partial charge in [0.1, 0.15) is 5.54 Å². The number of fused-ring (bicyclic) bond motifs is 1. The molecule has 2 saturated heterocycles. The SMILES string of the molecule is CC(=O)OCOC(=O)N1CC[C@H]2[C@@H]1CN[C@@]2(CCCCB(O)O)C(=O)O. The molecule has 0 spiro atoms. The van der Waals surface area contributed by atoms with Gasteiger partial charge in [0, 0.05) is 25.9 Å². The molecule has 2 fully saturated rings. The van der Waals surface area contributed by atoms with E-state index in [-0.39, 0.29) is 18.3 Å². The number of nitrogens with zero attached hydrogens (tertiary/aromatic N) is 1. The van der Waals surface area contributed by atoms with Crippen molar-refractivity contribution >= 4 is 25.2 Å². The number of carbonyl (C=O) groups is 3. The van der Waals surface area contributed by atoms with Gasteiger partial charge < -0.3 is 29.5 Å². The first-order chi connectivity index (χ1) is 12.3. The molecule has 146 valence electrons. The van der Waals surface area contributed by atoms with Gasteiger partial charge in [0.15, 0.2) is 0 Å². The topological polar surface area (TPSA) is 146 Å². The quantitative estimate of drug-likeness (QED) is 0.190. The third-order valence-electron chi connectivity index (χ3n) is 5.15. The Balaban J connectivity index is 1.96. The van der Waals surface area contributed by atoms with Gasteiger partial charge in [-0.1, -0.05) is 12.8 Å². The number of carboxylic acids is 1. The lowest BCUT2D eigenvalue weighted by atomic mass is 9.77. The van der Waals surface area contributed by atoms with Crippen molar-refractivity contribution in [1.29, 1.82) is 0 Å². The number of hydrogen-bond donors (Lipinski definition) is 4. The number of likely N-dealkylation sites (tertiary alicyclic amines) is 1. The highest BCUT2D eigenvalue weighted by atomic mass is 16.7. The first kappa shape index (κ1) is 20.5. The number of aliphatic carboxylic acids is 1. The minimum Gasteiger partial charge on any atom is -0.480 e. The molecule has 2 aliphatic heterocycles. The van der Waals surface area contributed by atoms with Gasteiger partial charge >= 0.3 is 25.2 Å². The summed E-state index contributed by atoms with van der Waals surface area (Å²) in [6.45, 7) is 1.45. The first-order valence-corrected chi connectivity index (χ1v) is 8.69. The van der Waals surface area contributed by atoms with E-state index in [0.29, 0.717) is 38.8 Å². The molecule has 0 bridgehead atoms. The van der Waals surface area contributed by atoms with Gasteiger partial charge in [-0.15, -0.1) is 0 Å². The van der Waals surface area contributed by atoms with E-state index in [1.54, 1.807) is 0 Å². The standard InChI is InChI=1S/C15H25BN2O8/c1-10(19)25-9-26-14(22)18-7-4-11-12(18)8-17-15(11,13(20)21)5-2-3-6-16(23)24/h11-12,17,23-24H,2-9H2,1H3,(H,20,21)/t11-,12-,15+/m0/s1. The van der Waals surface area contributed by atoms with Crippen molar-refractivity contribution in [2.45, 2.75) is 50.5 Å². The van der Waals surface area contributed by atoms with Gasteiger partial charge in [-0.25, -0.2) is 4.79 Å². The number of carbonyl (C=O) groups excluding carboxylic acids is 2. The largest absolute Gasteiger partial charge is 0.480 e. The van der Waals surface area contributed by atoms with Crippen LogP contribution in [0.4, 0.5) is 4.79 Å². The number of nitrogens with one attached hydrogen (secondary N) is 1. The predicted octanol–water partition coefficient (Wildman–Crippen LogP) is -0.596. The van der Waals surface area contributed by atoms with Crippen molar-refractivity contribution < 1.29 is 39.0 Å². The maximum atomic E-state index is 12.2. The summed E-state index contributed by atoms with van der Waals surface area (Å²) in [6, 6.07) is -0.306. The lowest BCUT2D eigenvalue weighted by Gasteiger charge is -2.30. The molecule has 0 aromatic heterocycles. The van der Waals surface area contributed by atoms with Crippen LogP contribution in [-0.4, -0.2) is 76.7 Å². The number of ether oxygens (including phenoxy) is 2. The lowest BCUT2D eigenvalue weighted by Crippen LogP contribution is -2.52. The fraction of sp³-hybridized carbons (Fsp3) is 0.800. The van der Waals surface area contributed by atoms with Gasteiger partial charge in [-0.2, -0.15) is 0 Å². The van der Waals surface area contributed by atoms with E-state index in [9.17, 15) is 19.5 Å². The van der Waals surface area contributed by atoms with E-state index < -0.39 is 37.5 Å². The van der Waals surface area contributed by atoms with E-state index >= 15 is 0 Å². The molecule has 0 saturated carbocycles. The molecule has 0 unspecified atom stereocenters. The van der Waals surface area contributed by atoms with Crippen LogP contribution in [0.15, 0.2) is 0 Å². The zero-order valence-corrected chi connectivity index (χ0v) is 14.7. The van der Waals surface area contributed by atoms with Crippen molar-refractivity contribution in [3.05, 3.63) is 0 Å². The van der Waals surface area contributed by atoms with Gasteiger partial charge in [-0.05, 0) is 19.2 Å². The second-order valence-corrected chi connectivity index (χ2v) is 6.70. The average Bonchev–Trinajstić information content (AvgIpc) is 3.12. The molecule has 3 atom stereocenters. The Bertz CT molecular complexity index is 546. The molecular formula is C15H25BN2O8.